The predicted octanol–water partition coefficient (Wildman–Crippen LogP) is 6.21. The molecule has 0 aromatic heterocycles. The molecule has 22 heavy (non-hydrogen) atoms. The summed E-state index contributed by atoms with van der Waals surface area (Å²) in [6.07, 6.45) is 0. The first-order valence-corrected chi connectivity index (χ1v) is 7.73. The van der Waals surface area contributed by atoms with Gasteiger partial charge in [-0.15, -0.1) is 0 Å². The van der Waals surface area contributed by atoms with Crippen molar-refractivity contribution < 1.29 is 9.53 Å². The zero-order valence-corrected chi connectivity index (χ0v) is 14.8. The number of nitrogens with one attached hydrogen (secondary N) is 1. The Morgan fingerprint density at radius 1 is 0.909 bits per heavy atom. The molecule has 0 atom stereocenters. The molecular formula is C14H8Cl5NO2. The quantitative estimate of drug-likeness (QED) is 0.492. The SMILES string of the molecule is COc1ccccc1NC(=O)c1c(Cl)c(Cl)c(Cl)c(Cl)c1Cl. The molecule has 0 spiro atoms. The maximum absolute atomic E-state index is 12.4. The molecule has 2 aromatic rings. The first-order chi connectivity index (χ1) is 10.4. The minimum atomic E-state index is -0.583. The number of amides is 1. The van der Waals surface area contributed by atoms with E-state index in [1.54, 1.807) is 24.3 Å². The number of carbonyl (C=O) groups is 1. The summed E-state index contributed by atoms with van der Waals surface area (Å²) in [4.78, 5) is 12.4. The number of ether oxygens (including phenoxy) is 1. The van der Waals surface area contributed by atoms with Crippen LogP contribution >= 0.6 is 58.0 Å². The first kappa shape index (κ1) is 17.5. The molecule has 0 radical (unpaired) electrons. The van der Waals surface area contributed by atoms with Crippen LogP contribution in [-0.4, -0.2) is 13.0 Å². The second kappa shape index (κ2) is 7.16. The van der Waals surface area contributed by atoms with Gasteiger partial charge in [-0.05, 0) is 12.1 Å². The zero-order valence-electron chi connectivity index (χ0n) is 11.0. The summed E-state index contributed by atoms with van der Waals surface area (Å²) in [5.74, 6) is -0.103. The predicted molar refractivity (Wildman–Crippen MR) is 92.4 cm³/mol. The van der Waals surface area contributed by atoms with Crippen LogP contribution in [0.4, 0.5) is 5.69 Å². The lowest BCUT2D eigenvalue weighted by Gasteiger charge is -2.14. The maximum atomic E-state index is 12.4. The fraction of sp³-hybridized carbons (Fsp3) is 0.0714. The fourth-order valence-corrected chi connectivity index (χ4v) is 3.05. The van der Waals surface area contributed by atoms with Gasteiger partial charge in [0.1, 0.15) is 5.75 Å². The van der Waals surface area contributed by atoms with Gasteiger partial charge in [-0.2, -0.15) is 0 Å². The van der Waals surface area contributed by atoms with Gasteiger partial charge in [-0.1, -0.05) is 70.1 Å². The highest BCUT2D eigenvalue weighted by molar-refractivity contribution is 6.56. The summed E-state index contributed by atoms with van der Waals surface area (Å²) < 4.78 is 5.16. The van der Waals surface area contributed by atoms with Crippen molar-refractivity contribution in [3.8, 4) is 5.75 Å². The van der Waals surface area contributed by atoms with Crippen molar-refractivity contribution in [1.82, 2.24) is 0 Å². The summed E-state index contributed by atoms with van der Waals surface area (Å²) >= 11 is 29.9. The van der Waals surface area contributed by atoms with Gasteiger partial charge in [0.25, 0.3) is 5.91 Å². The number of methoxy groups -OCH3 is 1. The number of para-hydroxylation sites is 2. The highest BCUT2D eigenvalue weighted by Gasteiger charge is 2.24. The topological polar surface area (TPSA) is 38.3 Å². The molecule has 0 unspecified atom stereocenters. The highest BCUT2D eigenvalue weighted by Crippen LogP contribution is 2.44. The number of halogens is 5. The van der Waals surface area contributed by atoms with Crippen LogP contribution in [-0.2, 0) is 0 Å². The second-order valence-electron chi connectivity index (χ2n) is 4.10. The van der Waals surface area contributed by atoms with E-state index in [1.165, 1.54) is 7.11 Å². The molecule has 1 amide bonds. The van der Waals surface area contributed by atoms with E-state index in [1.807, 2.05) is 0 Å². The van der Waals surface area contributed by atoms with E-state index in [9.17, 15) is 4.79 Å². The van der Waals surface area contributed by atoms with Crippen LogP contribution in [0.15, 0.2) is 24.3 Å². The standard InChI is InChI=1S/C14H8Cl5NO2/c1-22-7-5-3-2-4-6(7)20-14(21)8-9(15)11(17)13(19)12(18)10(8)16/h2-5H,1H3,(H,20,21). The summed E-state index contributed by atoms with van der Waals surface area (Å²) in [5.41, 5.74) is 0.387. The van der Waals surface area contributed by atoms with E-state index >= 15 is 0 Å². The van der Waals surface area contributed by atoms with Crippen LogP contribution < -0.4 is 10.1 Å². The molecule has 0 heterocycles. The van der Waals surface area contributed by atoms with Gasteiger partial charge in [-0.3, -0.25) is 4.79 Å². The van der Waals surface area contributed by atoms with E-state index in [0.717, 1.165) is 0 Å². The van der Waals surface area contributed by atoms with Crippen LogP contribution in [0.25, 0.3) is 0 Å². The Morgan fingerprint density at radius 2 is 1.41 bits per heavy atom. The zero-order chi connectivity index (χ0) is 16.4. The molecule has 8 heteroatoms. The minimum absolute atomic E-state index is 0.00725. The first-order valence-electron chi connectivity index (χ1n) is 5.84. The summed E-state index contributed by atoms with van der Waals surface area (Å²) in [6.45, 7) is 0. The molecule has 0 saturated carbocycles. The second-order valence-corrected chi connectivity index (χ2v) is 5.99. The van der Waals surface area contributed by atoms with Crippen LogP contribution in [0.2, 0.25) is 25.1 Å². The summed E-state index contributed by atoms with van der Waals surface area (Å²) in [5, 5.41) is 2.40. The number of benzene rings is 2. The average Bonchev–Trinajstić information content (AvgIpc) is 2.51. The van der Waals surface area contributed by atoms with Crippen molar-refractivity contribution in [3.05, 3.63) is 54.9 Å². The van der Waals surface area contributed by atoms with Gasteiger partial charge in [0.05, 0.1) is 43.5 Å². The number of anilines is 1. The van der Waals surface area contributed by atoms with E-state index < -0.39 is 5.91 Å². The van der Waals surface area contributed by atoms with Crippen molar-refractivity contribution in [2.75, 3.05) is 12.4 Å². The van der Waals surface area contributed by atoms with Gasteiger partial charge >= 0.3 is 0 Å². The number of hydrogen-bond acceptors (Lipinski definition) is 2. The Hall–Kier alpha value is -0.840. The Morgan fingerprint density at radius 3 is 1.95 bits per heavy atom. The van der Waals surface area contributed by atoms with E-state index in [4.69, 9.17) is 62.7 Å². The van der Waals surface area contributed by atoms with Gasteiger partial charge in [0, 0.05) is 0 Å². The molecule has 3 nitrogen and oxygen atoms in total. The molecule has 116 valence electrons. The number of rotatable bonds is 3. The van der Waals surface area contributed by atoms with Crippen molar-refractivity contribution >= 4 is 69.6 Å². The van der Waals surface area contributed by atoms with Gasteiger partial charge in [-0.25, -0.2) is 0 Å². The third-order valence-electron chi connectivity index (χ3n) is 2.79. The van der Waals surface area contributed by atoms with Crippen LogP contribution in [0.5, 0.6) is 5.75 Å². The lowest BCUT2D eigenvalue weighted by atomic mass is 10.2. The van der Waals surface area contributed by atoms with E-state index in [0.29, 0.717) is 11.4 Å². The molecule has 0 aliphatic heterocycles. The van der Waals surface area contributed by atoms with Crippen molar-refractivity contribution in [3.63, 3.8) is 0 Å². The van der Waals surface area contributed by atoms with E-state index in [2.05, 4.69) is 5.32 Å². The maximum Gasteiger partial charge on any atom is 0.258 e. The summed E-state index contributed by atoms with van der Waals surface area (Å²) in [6, 6.07) is 6.87. The molecule has 0 aliphatic rings. The molecule has 1 N–H and O–H groups in total. The van der Waals surface area contributed by atoms with Crippen LogP contribution in [0.1, 0.15) is 10.4 Å². The third kappa shape index (κ3) is 3.24. The molecule has 0 fully saturated rings. The monoisotopic (exact) mass is 397 g/mol. The normalized spacial score (nSPS) is 10.5. The van der Waals surface area contributed by atoms with Crippen molar-refractivity contribution in [2.24, 2.45) is 0 Å². The Balaban J connectivity index is 2.47. The van der Waals surface area contributed by atoms with Gasteiger partial charge < -0.3 is 10.1 Å². The van der Waals surface area contributed by atoms with Crippen molar-refractivity contribution in [1.29, 1.82) is 0 Å². The Kier molecular flexibility index (Phi) is 5.70. The minimum Gasteiger partial charge on any atom is -0.495 e. The fourth-order valence-electron chi connectivity index (χ4n) is 1.74. The van der Waals surface area contributed by atoms with Gasteiger partial charge in [0.2, 0.25) is 0 Å². The summed E-state index contributed by atoms with van der Waals surface area (Å²) in [7, 11) is 1.49. The molecule has 0 aliphatic carbocycles. The van der Waals surface area contributed by atoms with Crippen LogP contribution in [0.3, 0.4) is 0 Å². The third-order valence-corrected chi connectivity index (χ3v) is 5.07. The van der Waals surface area contributed by atoms with E-state index in [-0.39, 0.29) is 30.7 Å². The smallest absolute Gasteiger partial charge is 0.258 e. The molecule has 0 saturated heterocycles. The lowest BCUT2D eigenvalue weighted by molar-refractivity contribution is 0.102. The van der Waals surface area contributed by atoms with Crippen LogP contribution in [0, 0.1) is 0 Å². The van der Waals surface area contributed by atoms with Crippen molar-refractivity contribution in [2.45, 2.75) is 0 Å². The highest BCUT2D eigenvalue weighted by atomic mass is 35.5. The Labute approximate surface area is 152 Å². The molecule has 0 bridgehead atoms. The Bertz CT molecular complexity index is 719. The average molecular weight is 399 g/mol. The molecule has 2 aromatic carbocycles. The number of hydrogen-bond donors (Lipinski definition) is 1. The molecular weight excluding hydrogens is 391 g/mol. The largest absolute Gasteiger partial charge is 0.495 e. The van der Waals surface area contributed by atoms with Gasteiger partial charge in [0.15, 0.2) is 0 Å². The lowest BCUT2D eigenvalue weighted by Crippen LogP contribution is -2.14. The molecule has 2 rings (SSSR count). The number of carbonyl (C=O) groups excluding carboxylic acids is 1.